The van der Waals surface area contributed by atoms with Crippen LogP contribution >= 0.6 is 0 Å². The van der Waals surface area contributed by atoms with Crippen molar-refractivity contribution in [1.82, 2.24) is 0 Å². The maximum atomic E-state index is 12.9. The average molecular weight is 1380 g/mol. The number of aromatic hydroxyl groups is 2. The molecule has 85 heavy (non-hydrogen) atoms. The Morgan fingerprint density at radius 2 is 0.812 bits per heavy atom. The smallest absolute Gasteiger partial charge is 0.310 e. The van der Waals surface area contributed by atoms with E-state index in [-0.39, 0.29) is 125 Å². The Bertz CT molecular complexity index is 3310. The van der Waals surface area contributed by atoms with Crippen LogP contribution in [0.25, 0.3) is 22.3 Å². The largest absolute Gasteiger partial charge is 0.507 e. The second kappa shape index (κ2) is 35.8. The molecule has 16 heteroatoms. The predicted molar refractivity (Wildman–Crippen MR) is 326 cm³/mol. The van der Waals surface area contributed by atoms with Crippen molar-refractivity contribution in [2.24, 2.45) is 0 Å². The Kier molecular flexibility index (Phi) is 30.2. The van der Waals surface area contributed by atoms with Crippen molar-refractivity contribution < 1.29 is 116 Å². The number of methoxy groups -OCH3 is 3. The van der Waals surface area contributed by atoms with Crippen LogP contribution in [-0.2, 0) is 42.2 Å². The molecule has 1 saturated heterocycles. The van der Waals surface area contributed by atoms with Crippen LogP contribution in [0.2, 0.25) is 0 Å². The van der Waals surface area contributed by atoms with Crippen LogP contribution in [0.15, 0.2) is 166 Å². The Labute approximate surface area is 533 Å². The fourth-order valence-corrected chi connectivity index (χ4v) is 7.98. The minimum Gasteiger partial charge on any atom is -0.507 e. The van der Waals surface area contributed by atoms with E-state index < -0.39 is 5.60 Å². The molecule has 1 atom stereocenters. The zero-order valence-corrected chi connectivity index (χ0v) is 54.3. The monoisotopic (exact) mass is 1380 g/mol. The summed E-state index contributed by atoms with van der Waals surface area (Å²) in [4.78, 5) is 23.9. The molecule has 7 aromatic carbocycles. The van der Waals surface area contributed by atoms with Gasteiger partial charge in [-0.3, -0.25) is 9.59 Å². The Balaban J connectivity index is 0.000000288. The van der Waals surface area contributed by atoms with Crippen molar-refractivity contribution >= 4 is 34.2 Å². The number of carbonyl (C=O) groups excluding carboxylic acids is 2. The van der Waals surface area contributed by atoms with Gasteiger partial charge in [0.15, 0.2) is 5.60 Å². The number of hydrogen-bond donors (Lipinski definition) is 5. The topological polar surface area (TPSA) is 194 Å². The van der Waals surface area contributed by atoms with E-state index in [1.54, 1.807) is 69.9 Å². The number of epoxide rings is 1. The van der Waals surface area contributed by atoms with Gasteiger partial charge in [-0.2, -0.15) is 0 Å². The first-order chi connectivity index (χ1) is 40.0. The van der Waals surface area contributed by atoms with E-state index in [1.807, 2.05) is 101 Å². The molecule has 13 nitrogen and oxygen atoms in total. The summed E-state index contributed by atoms with van der Waals surface area (Å²) in [7, 11) is 4.81. The summed E-state index contributed by atoms with van der Waals surface area (Å²) < 4.78 is 57.8. The molecule has 8 rings (SSSR count). The summed E-state index contributed by atoms with van der Waals surface area (Å²) in [6, 6.07) is 39.5. The van der Waals surface area contributed by atoms with E-state index in [0.717, 1.165) is 56.0 Å². The Hall–Kier alpha value is -7.42. The van der Waals surface area contributed by atoms with Crippen LogP contribution in [0, 0.1) is 90.3 Å². The van der Waals surface area contributed by atoms with Crippen LogP contribution in [0.5, 0.6) is 28.7 Å². The zero-order valence-electron chi connectivity index (χ0n) is 49.6. The summed E-state index contributed by atoms with van der Waals surface area (Å²) in [5.41, 5.74) is 12.2. The molecule has 7 aromatic rings. The SMILES string of the molecule is C=C(CO)c1ccc(C)cc1O.C=C(CO)c1ccc(C)cc1O.C=C(CO)c1ccc(C)cc1OC.C=C(COC(=O)Cc1ccc(F)cc1)c1ccc(C)cc1OC.COc1cc(C)ccc1C1(COC(=O)Cc2ccc(F)cc2)CO1.[Ac]. The molecule has 1 aliphatic rings. The number of esters is 2. The van der Waals surface area contributed by atoms with E-state index in [9.17, 15) is 28.6 Å². The number of carbonyl (C=O) groups is 2. The fraction of sp³-hybridized carbons (Fsp3) is 0.246. The molecule has 0 saturated carbocycles. The maximum Gasteiger partial charge on any atom is 0.310 e. The molecule has 0 bridgehead atoms. The summed E-state index contributed by atoms with van der Waals surface area (Å²) >= 11 is 0. The van der Waals surface area contributed by atoms with Crippen LogP contribution in [-0.4, -0.2) is 98.4 Å². The first-order valence-corrected chi connectivity index (χ1v) is 26.5. The Morgan fingerprint density at radius 1 is 0.482 bits per heavy atom. The van der Waals surface area contributed by atoms with Gasteiger partial charge in [0.05, 0.1) is 60.6 Å². The predicted octanol–water partition coefficient (Wildman–Crippen LogP) is 12.5. The maximum absolute atomic E-state index is 12.9. The molecule has 1 aliphatic heterocycles. The van der Waals surface area contributed by atoms with Gasteiger partial charge in [-0.05, 0) is 150 Å². The third kappa shape index (κ3) is 23.2. The minimum atomic E-state index is -0.627. The van der Waals surface area contributed by atoms with Crippen molar-refractivity contribution in [3.63, 3.8) is 0 Å². The quantitative estimate of drug-likeness (QED) is 0.0380. The van der Waals surface area contributed by atoms with Gasteiger partial charge < -0.3 is 54.0 Å². The van der Waals surface area contributed by atoms with Crippen molar-refractivity contribution in [3.8, 4) is 28.7 Å². The number of aryl methyl sites for hydroxylation is 5. The van der Waals surface area contributed by atoms with E-state index in [4.69, 9.17) is 43.7 Å². The van der Waals surface area contributed by atoms with E-state index in [1.165, 1.54) is 24.3 Å². The molecule has 1 radical (unpaired) electrons. The summed E-state index contributed by atoms with van der Waals surface area (Å²) in [5, 5.41) is 45.3. The second-order valence-electron chi connectivity index (χ2n) is 19.8. The number of aliphatic hydroxyl groups is 3. The van der Waals surface area contributed by atoms with Gasteiger partial charge in [0.25, 0.3) is 0 Å². The zero-order chi connectivity index (χ0) is 62.1. The molecule has 1 heterocycles. The van der Waals surface area contributed by atoms with Gasteiger partial charge in [-0.25, -0.2) is 8.78 Å². The van der Waals surface area contributed by atoms with Gasteiger partial charge >= 0.3 is 11.9 Å². The molecule has 0 spiro atoms. The van der Waals surface area contributed by atoms with Crippen molar-refractivity contribution in [2.45, 2.75) is 53.1 Å². The van der Waals surface area contributed by atoms with Crippen LogP contribution in [0.1, 0.15) is 66.8 Å². The summed E-state index contributed by atoms with van der Waals surface area (Å²) in [6.07, 6.45) is 0.194. The third-order valence-corrected chi connectivity index (χ3v) is 12.9. The molecule has 1 unspecified atom stereocenters. The van der Waals surface area contributed by atoms with Crippen molar-refractivity contribution in [3.05, 3.63) is 244 Å². The minimum absolute atomic E-state index is 0. The second-order valence-corrected chi connectivity index (χ2v) is 19.8. The van der Waals surface area contributed by atoms with Crippen LogP contribution in [0.4, 0.5) is 8.78 Å². The molecular weight excluding hydrogens is 1300 g/mol. The molecule has 1 fully saturated rings. The molecule has 0 aliphatic carbocycles. The van der Waals surface area contributed by atoms with E-state index in [2.05, 4.69) is 26.3 Å². The first-order valence-electron chi connectivity index (χ1n) is 26.5. The third-order valence-electron chi connectivity index (χ3n) is 12.9. The van der Waals surface area contributed by atoms with E-state index >= 15 is 0 Å². The van der Waals surface area contributed by atoms with Crippen LogP contribution in [0.3, 0.4) is 0 Å². The average Bonchev–Trinajstić information content (AvgIpc) is 2.29. The van der Waals surface area contributed by atoms with Gasteiger partial charge in [-0.1, -0.05) is 111 Å². The first kappa shape index (κ1) is 71.8. The standard InChI is InChI=1S/C19H19FO4.C19H19FO3.C11H14O2.2C10H12O2.Ac/c1-13-3-8-16(17(9-13)22-2)19(12-24-19)11-23-18(21)10-14-4-6-15(20)7-5-14;1-13-4-9-17(18(10-13)22-3)14(2)12-23-19(21)11-15-5-7-16(20)8-6-15;1-8-4-5-10(9(2)7-12)11(6-8)13-3;2*1-7-3-4-9(8(2)6-11)10(12)5-7;/h3-9H,10-12H2,1-2H3;4-10H,2,11-12H2,1,3H3;4-6,12H,2,7H2,1,3H3;2*3-5,11-12H,2,6H2,1H3;. The fourth-order valence-electron chi connectivity index (χ4n) is 7.98. The normalized spacial score (nSPS) is 12.4. The van der Waals surface area contributed by atoms with Crippen LogP contribution < -0.4 is 14.2 Å². The van der Waals surface area contributed by atoms with E-state index in [0.29, 0.717) is 56.9 Å². The van der Waals surface area contributed by atoms with Gasteiger partial charge in [-0.15, -0.1) is 0 Å². The Morgan fingerprint density at radius 3 is 1.18 bits per heavy atom. The number of halogens is 2. The summed E-state index contributed by atoms with van der Waals surface area (Å²) in [5.74, 6) is 1.12. The number of rotatable bonds is 19. The number of phenolic OH excluding ortho intramolecular Hbond substituents is 2. The number of hydrogen-bond acceptors (Lipinski definition) is 13. The van der Waals surface area contributed by atoms with Gasteiger partial charge in [0.2, 0.25) is 0 Å². The van der Waals surface area contributed by atoms with Crippen molar-refractivity contribution in [1.29, 1.82) is 0 Å². The molecule has 5 N–H and O–H groups in total. The molecular formula is C69H76AcF2O13. The number of aliphatic hydroxyl groups excluding tert-OH is 3. The molecule has 0 amide bonds. The summed E-state index contributed by atoms with van der Waals surface area (Å²) in [6.45, 7) is 25.1. The molecule has 0 aromatic heterocycles. The molecule has 447 valence electrons. The number of phenols is 2. The van der Waals surface area contributed by atoms with Gasteiger partial charge in [0, 0.05) is 71.9 Å². The number of ether oxygens (including phenoxy) is 6. The van der Waals surface area contributed by atoms with Crippen molar-refractivity contribution in [2.75, 3.05) is 61.0 Å². The number of benzene rings is 7. The van der Waals surface area contributed by atoms with Gasteiger partial charge in [0.1, 0.15) is 53.6 Å².